The van der Waals surface area contributed by atoms with Gasteiger partial charge in [-0.2, -0.15) is 5.10 Å². The summed E-state index contributed by atoms with van der Waals surface area (Å²) in [6, 6.07) is 10.9. The average Bonchev–Trinajstić information content (AvgIpc) is 3.40. The number of ether oxygens (including phenoxy) is 1. The lowest BCUT2D eigenvalue weighted by Crippen LogP contribution is -2.36. The maximum absolute atomic E-state index is 5.44. The molecule has 1 N–H and O–H groups in total. The fourth-order valence-electron chi connectivity index (χ4n) is 3.51. The van der Waals surface area contributed by atoms with Crippen molar-refractivity contribution >= 4 is 11.2 Å². The number of aromatic nitrogens is 4. The van der Waals surface area contributed by atoms with E-state index in [1.54, 1.807) is 0 Å². The van der Waals surface area contributed by atoms with Gasteiger partial charge in [-0.1, -0.05) is 12.1 Å². The second kappa shape index (κ2) is 6.31. The highest BCUT2D eigenvalue weighted by Gasteiger charge is 2.12. The molecule has 4 heterocycles. The summed E-state index contributed by atoms with van der Waals surface area (Å²) in [7, 11) is 0. The number of nitrogens with one attached hydrogen (secondary N) is 1. The number of morpholine rings is 1. The van der Waals surface area contributed by atoms with Gasteiger partial charge >= 0.3 is 0 Å². The van der Waals surface area contributed by atoms with E-state index in [0.717, 1.165) is 48.5 Å². The van der Waals surface area contributed by atoms with Gasteiger partial charge in [0.15, 0.2) is 0 Å². The number of fused-ring (bicyclic) bond motifs is 1. The summed E-state index contributed by atoms with van der Waals surface area (Å²) in [6.07, 6.45) is 9.59. The fraction of sp³-hybridized carbons (Fsp3) is 0.200. The number of rotatable bonds is 3. The number of aromatic amines is 1. The van der Waals surface area contributed by atoms with Crippen LogP contribution < -0.4 is 4.90 Å². The molecule has 6 nitrogen and oxygen atoms in total. The molecule has 5 rings (SSSR count). The molecule has 26 heavy (non-hydrogen) atoms. The van der Waals surface area contributed by atoms with Gasteiger partial charge in [-0.25, -0.2) is 4.98 Å². The van der Waals surface area contributed by atoms with Gasteiger partial charge in [-0.3, -0.25) is 5.10 Å². The third kappa shape index (κ3) is 2.64. The van der Waals surface area contributed by atoms with Crippen LogP contribution >= 0.6 is 0 Å². The molecule has 1 aliphatic rings. The van der Waals surface area contributed by atoms with E-state index in [1.165, 1.54) is 11.3 Å². The standard InChI is InChI=1S/C20H19N5O/c1-3-18(24-5-7-26-8-6-24)4-2-15(1)16-9-19(17-10-22-23-11-17)20-12-21-14-25(20)13-16/h1-4,9-14H,5-8H2,(H,22,23). The zero-order valence-electron chi connectivity index (χ0n) is 14.3. The van der Waals surface area contributed by atoms with Crippen LogP contribution in [-0.4, -0.2) is 45.9 Å². The van der Waals surface area contributed by atoms with Gasteiger partial charge < -0.3 is 14.0 Å². The van der Waals surface area contributed by atoms with Gasteiger partial charge in [-0.15, -0.1) is 0 Å². The third-order valence-electron chi connectivity index (χ3n) is 4.91. The Bertz CT molecular complexity index is 1010. The van der Waals surface area contributed by atoms with Crippen LogP contribution in [0.2, 0.25) is 0 Å². The molecular weight excluding hydrogens is 326 g/mol. The van der Waals surface area contributed by atoms with Crippen LogP contribution in [-0.2, 0) is 4.74 Å². The van der Waals surface area contributed by atoms with E-state index in [9.17, 15) is 0 Å². The predicted molar refractivity (Wildman–Crippen MR) is 101 cm³/mol. The van der Waals surface area contributed by atoms with Crippen LogP contribution in [0.4, 0.5) is 5.69 Å². The van der Waals surface area contributed by atoms with E-state index in [0.29, 0.717) is 0 Å². The number of benzene rings is 1. The van der Waals surface area contributed by atoms with Crippen LogP contribution in [0.15, 0.2) is 61.4 Å². The molecule has 0 saturated carbocycles. The second-order valence-corrected chi connectivity index (χ2v) is 6.46. The van der Waals surface area contributed by atoms with Crippen LogP contribution in [0.3, 0.4) is 0 Å². The lowest BCUT2D eigenvalue weighted by molar-refractivity contribution is 0.122. The Morgan fingerprint density at radius 1 is 0.962 bits per heavy atom. The van der Waals surface area contributed by atoms with E-state index < -0.39 is 0 Å². The summed E-state index contributed by atoms with van der Waals surface area (Å²) >= 11 is 0. The Labute approximate surface area is 151 Å². The topological polar surface area (TPSA) is 58.5 Å². The van der Waals surface area contributed by atoms with Crippen molar-refractivity contribution in [2.75, 3.05) is 31.2 Å². The molecule has 0 atom stereocenters. The van der Waals surface area contributed by atoms with E-state index in [2.05, 4.69) is 61.0 Å². The molecule has 0 aliphatic carbocycles. The predicted octanol–water partition coefficient (Wildman–Crippen LogP) is 3.23. The number of pyridine rings is 1. The number of H-pyrrole nitrogens is 1. The Kier molecular flexibility index (Phi) is 3.68. The van der Waals surface area contributed by atoms with Gasteiger partial charge in [0.25, 0.3) is 0 Å². The van der Waals surface area contributed by atoms with E-state index in [1.807, 2.05) is 24.9 Å². The monoisotopic (exact) mass is 345 g/mol. The summed E-state index contributed by atoms with van der Waals surface area (Å²) in [5.74, 6) is 0. The molecule has 0 amide bonds. The van der Waals surface area contributed by atoms with Crippen molar-refractivity contribution < 1.29 is 4.74 Å². The van der Waals surface area contributed by atoms with Crippen LogP contribution in [0.1, 0.15) is 0 Å². The highest BCUT2D eigenvalue weighted by Crippen LogP contribution is 2.30. The number of hydrogen-bond donors (Lipinski definition) is 1. The summed E-state index contributed by atoms with van der Waals surface area (Å²) in [5, 5.41) is 6.98. The van der Waals surface area contributed by atoms with Gasteiger partial charge in [0, 0.05) is 42.3 Å². The quantitative estimate of drug-likeness (QED) is 0.619. The molecule has 4 aromatic rings. The number of hydrogen-bond acceptors (Lipinski definition) is 4. The minimum Gasteiger partial charge on any atom is -0.378 e. The van der Waals surface area contributed by atoms with E-state index >= 15 is 0 Å². The molecule has 1 aliphatic heterocycles. The smallest absolute Gasteiger partial charge is 0.0992 e. The minimum absolute atomic E-state index is 0.799. The minimum atomic E-state index is 0.799. The Balaban J connectivity index is 1.54. The maximum atomic E-state index is 5.44. The van der Waals surface area contributed by atoms with E-state index in [4.69, 9.17) is 4.74 Å². The van der Waals surface area contributed by atoms with Crippen molar-refractivity contribution in [2.24, 2.45) is 0 Å². The molecule has 0 radical (unpaired) electrons. The molecule has 130 valence electrons. The zero-order valence-corrected chi connectivity index (χ0v) is 14.3. The van der Waals surface area contributed by atoms with Crippen molar-refractivity contribution in [1.82, 2.24) is 19.6 Å². The number of anilines is 1. The first-order valence-corrected chi connectivity index (χ1v) is 8.76. The molecule has 1 fully saturated rings. The summed E-state index contributed by atoms with van der Waals surface area (Å²) in [6.45, 7) is 3.50. The van der Waals surface area contributed by atoms with Gasteiger partial charge in [0.2, 0.25) is 0 Å². The fourth-order valence-corrected chi connectivity index (χ4v) is 3.51. The molecule has 1 saturated heterocycles. The number of nitrogens with zero attached hydrogens (tertiary/aromatic N) is 4. The van der Waals surface area contributed by atoms with Crippen molar-refractivity contribution in [3.05, 3.63) is 61.4 Å². The molecule has 0 bridgehead atoms. The summed E-state index contributed by atoms with van der Waals surface area (Å²) in [4.78, 5) is 6.66. The van der Waals surface area contributed by atoms with Crippen molar-refractivity contribution in [2.45, 2.75) is 0 Å². The lowest BCUT2D eigenvalue weighted by atomic mass is 10.0. The van der Waals surface area contributed by atoms with Crippen molar-refractivity contribution in [1.29, 1.82) is 0 Å². The van der Waals surface area contributed by atoms with Crippen LogP contribution in [0.5, 0.6) is 0 Å². The maximum Gasteiger partial charge on any atom is 0.0992 e. The molecular formula is C20H19N5O. The normalized spacial score (nSPS) is 14.8. The zero-order chi connectivity index (χ0) is 17.3. The molecule has 1 aromatic carbocycles. The molecule has 6 heteroatoms. The van der Waals surface area contributed by atoms with Crippen molar-refractivity contribution in [3.63, 3.8) is 0 Å². The largest absolute Gasteiger partial charge is 0.378 e. The molecule has 0 unspecified atom stereocenters. The van der Waals surface area contributed by atoms with Crippen LogP contribution in [0, 0.1) is 0 Å². The van der Waals surface area contributed by atoms with Crippen molar-refractivity contribution in [3.8, 4) is 22.3 Å². The van der Waals surface area contributed by atoms with E-state index in [-0.39, 0.29) is 0 Å². The number of imidazole rings is 1. The van der Waals surface area contributed by atoms with Gasteiger partial charge in [-0.05, 0) is 29.3 Å². The van der Waals surface area contributed by atoms with Crippen LogP contribution in [0.25, 0.3) is 27.8 Å². The molecule has 0 spiro atoms. The Morgan fingerprint density at radius 2 is 1.81 bits per heavy atom. The molecule has 3 aromatic heterocycles. The summed E-state index contributed by atoms with van der Waals surface area (Å²) < 4.78 is 7.50. The lowest BCUT2D eigenvalue weighted by Gasteiger charge is -2.28. The highest BCUT2D eigenvalue weighted by molar-refractivity contribution is 5.83. The SMILES string of the molecule is c1cc(N2CCOCC2)ccc1-c1cc(-c2cn[nH]c2)c2cncn2c1. The second-order valence-electron chi connectivity index (χ2n) is 6.46. The highest BCUT2D eigenvalue weighted by atomic mass is 16.5. The van der Waals surface area contributed by atoms with Gasteiger partial charge in [0.1, 0.15) is 0 Å². The van der Waals surface area contributed by atoms with Gasteiger partial charge in [0.05, 0.1) is 37.5 Å². The Morgan fingerprint density at radius 3 is 2.58 bits per heavy atom. The first kappa shape index (κ1) is 15.2. The first-order chi connectivity index (χ1) is 12.9. The first-order valence-electron chi connectivity index (χ1n) is 8.76. The summed E-state index contributed by atoms with van der Waals surface area (Å²) in [5.41, 5.74) is 6.83. The average molecular weight is 345 g/mol. The third-order valence-corrected chi connectivity index (χ3v) is 4.91. The Hall–Kier alpha value is -3.12.